The van der Waals surface area contributed by atoms with E-state index in [1.165, 1.54) is 43.2 Å². The van der Waals surface area contributed by atoms with E-state index in [0.717, 1.165) is 6.54 Å². The molecule has 0 radical (unpaired) electrons. The molecule has 1 N–H and O–H groups in total. The Hall–Kier alpha value is -0.450. The second-order valence-corrected chi connectivity index (χ2v) is 5.33. The zero-order valence-corrected chi connectivity index (χ0v) is 11.0. The molecule has 90 valence electrons. The second-order valence-electron chi connectivity index (χ2n) is 4.44. The monoisotopic (exact) mass is 239 g/mol. The van der Waals surface area contributed by atoms with Crippen molar-refractivity contribution in [2.75, 3.05) is 26.7 Å². The lowest BCUT2D eigenvalue weighted by molar-refractivity contribution is 0.217. The van der Waals surface area contributed by atoms with E-state index in [0.29, 0.717) is 5.92 Å². The van der Waals surface area contributed by atoms with Gasteiger partial charge in [0.2, 0.25) is 0 Å². The van der Waals surface area contributed by atoms with Gasteiger partial charge in [-0.2, -0.15) is 0 Å². The summed E-state index contributed by atoms with van der Waals surface area (Å²) in [4.78, 5) is 7.26. The van der Waals surface area contributed by atoms with Crippen LogP contribution in [-0.4, -0.2) is 36.6 Å². The smallest absolute Gasteiger partial charge is 0.0972 e. The Kier molecular flexibility index (Phi) is 4.32. The van der Waals surface area contributed by atoms with Gasteiger partial charge in [0.05, 0.1) is 10.7 Å². The number of aromatic nitrogens is 1. The van der Waals surface area contributed by atoms with E-state index in [4.69, 9.17) is 4.98 Å². The molecule has 4 heteroatoms. The SMILES string of the molecule is CCN1CCCC(c2nc(CNC)cs2)C1. The van der Waals surface area contributed by atoms with Crippen molar-refractivity contribution in [1.29, 1.82) is 0 Å². The second kappa shape index (κ2) is 5.75. The van der Waals surface area contributed by atoms with Crippen LogP contribution in [0.5, 0.6) is 0 Å². The molecule has 1 atom stereocenters. The highest BCUT2D eigenvalue weighted by Crippen LogP contribution is 2.28. The number of thiazole rings is 1. The molecule has 0 spiro atoms. The summed E-state index contributed by atoms with van der Waals surface area (Å²) < 4.78 is 0. The molecule has 16 heavy (non-hydrogen) atoms. The highest BCUT2D eigenvalue weighted by molar-refractivity contribution is 7.09. The molecule has 2 heterocycles. The van der Waals surface area contributed by atoms with E-state index in [1.54, 1.807) is 0 Å². The number of likely N-dealkylation sites (tertiary alicyclic amines) is 1. The van der Waals surface area contributed by atoms with E-state index >= 15 is 0 Å². The number of likely N-dealkylation sites (N-methyl/N-ethyl adjacent to an activating group) is 1. The van der Waals surface area contributed by atoms with Crippen molar-refractivity contribution in [2.45, 2.75) is 32.2 Å². The summed E-state index contributed by atoms with van der Waals surface area (Å²) in [6.07, 6.45) is 2.63. The minimum atomic E-state index is 0.671. The summed E-state index contributed by atoms with van der Waals surface area (Å²) in [7, 11) is 1.97. The molecule has 0 saturated carbocycles. The highest BCUT2D eigenvalue weighted by atomic mass is 32.1. The normalized spacial score (nSPS) is 22.5. The maximum atomic E-state index is 4.72. The maximum absolute atomic E-state index is 4.72. The minimum absolute atomic E-state index is 0.671. The lowest BCUT2D eigenvalue weighted by Crippen LogP contribution is -2.34. The Balaban J connectivity index is 1.99. The van der Waals surface area contributed by atoms with Crippen molar-refractivity contribution in [2.24, 2.45) is 0 Å². The van der Waals surface area contributed by atoms with E-state index < -0.39 is 0 Å². The number of hydrogen-bond donors (Lipinski definition) is 1. The molecule has 0 aliphatic carbocycles. The number of piperidine rings is 1. The van der Waals surface area contributed by atoms with Gasteiger partial charge in [-0.05, 0) is 33.0 Å². The summed E-state index contributed by atoms with van der Waals surface area (Å²) in [5.74, 6) is 0.671. The van der Waals surface area contributed by atoms with Gasteiger partial charge in [-0.15, -0.1) is 11.3 Å². The Morgan fingerprint density at radius 1 is 1.62 bits per heavy atom. The predicted molar refractivity (Wildman–Crippen MR) is 69.0 cm³/mol. The molecule has 1 fully saturated rings. The molecule has 1 aliphatic heterocycles. The average Bonchev–Trinajstić information content (AvgIpc) is 2.78. The molecule has 1 saturated heterocycles. The molecule has 1 aliphatic rings. The van der Waals surface area contributed by atoms with Crippen molar-refractivity contribution in [3.8, 4) is 0 Å². The van der Waals surface area contributed by atoms with E-state index in [1.807, 2.05) is 18.4 Å². The standard InChI is InChI=1S/C12H21N3S/c1-3-15-6-4-5-10(8-15)12-14-11(7-13-2)9-16-12/h9-10,13H,3-8H2,1-2H3. The molecule has 1 aromatic rings. The Morgan fingerprint density at radius 2 is 2.50 bits per heavy atom. The molecule has 2 rings (SSSR count). The van der Waals surface area contributed by atoms with Crippen LogP contribution >= 0.6 is 11.3 Å². The van der Waals surface area contributed by atoms with Crippen LogP contribution in [0.3, 0.4) is 0 Å². The van der Waals surface area contributed by atoms with Crippen LogP contribution in [0.25, 0.3) is 0 Å². The molecule has 3 nitrogen and oxygen atoms in total. The summed E-state index contributed by atoms with van der Waals surface area (Å²) in [5.41, 5.74) is 1.19. The summed E-state index contributed by atoms with van der Waals surface area (Å²) in [6.45, 7) is 6.77. The van der Waals surface area contributed by atoms with E-state index in [-0.39, 0.29) is 0 Å². The predicted octanol–water partition coefficient (Wildman–Crippen LogP) is 2.06. The number of hydrogen-bond acceptors (Lipinski definition) is 4. The van der Waals surface area contributed by atoms with Gasteiger partial charge >= 0.3 is 0 Å². The number of nitrogens with one attached hydrogen (secondary N) is 1. The van der Waals surface area contributed by atoms with Crippen molar-refractivity contribution in [3.63, 3.8) is 0 Å². The van der Waals surface area contributed by atoms with Crippen LogP contribution in [0.2, 0.25) is 0 Å². The molecule has 0 aromatic carbocycles. The molecule has 1 aromatic heterocycles. The summed E-state index contributed by atoms with van der Waals surface area (Å²) in [5, 5.41) is 6.68. The molecular formula is C12H21N3S. The van der Waals surface area contributed by atoms with Crippen LogP contribution in [-0.2, 0) is 6.54 Å². The van der Waals surface area contributed by atoms with Crippen LogP contribution in [0, 0.1) is 0 Å². The Labute approximate surface area is 102 Å². The topological polar surface area (TPSA) is 28.2 Å². The van der Waals surface area contributed by atoms with Gasteiger partial charge in [0.1, 0.15) is 0 Å². The number of nitrogens with zero attached hydrogens (tertiary/aromatic N) is 2. The van der Waals surface area contributed by atoms with E-state index in [9.17, 15) is 0 Å². The molecular weight excluding hydrogens is 218 g/mol. The zero-order chi connectivity index (χ0) is 11.4. The van der Waals surface area contributed by atoms with Crippen molar-refractivity contribution in [1.82, 2.24) is 15.2 Å². The lowest BCUT2D eigenvalue weighted by atomic mass is 9.99. The van der Waals surface area contributed by atoms with Crippen molar-refractivity contribution in [3.05, 3.63) is 16.1 Å². The van der Waals surface area contributed by atoms with Crippen LogP contribution in [0.4, 0.5) is 0 Å². The van der Waals surface area contributed by atoms with Gasteiger partial charge in [0.15, 0.2) is 0 Å². The fraction of sp³-hybridized carbons (Fsp3) is 0.750. The first-order chi connectivity index (χ1) is 7.83. The lowest BCUT2D eigenvalue weighted by Gasteiger charge is -2.30. The van der Waals surface area contributed by atoms with Gasteiger partial charge in [0.25, 0.3) is 0 Å². The first-order valence-corrected chi connectivity index (χ1v) is 7.02. The van der Waals surface area contributed by atoms with Gasteiger partial charge < -0.3 is 10.2 Å². The van der Waals surface area contributed by atoms with Crippen LogP contribution in [0.15, 0.2) is 5.38 Å². The quantitative estimate of drug-likeness (QED) is 0.872. The first-order valence-electron chi connectivity index (χ1n) is 6.14. The minimum Gasteiger partial charge on any atom is -0.314 e. The largest absolute Gasteiger partial charge is 0.314 e. The van der Waals surface area contributed by atoms with Gasteiger partial charge in [0, 0.05) is 24.4 Å². The third-order valence-corrected chi connectivity index (χ3v) is 4.29. The Bertz CT molecular complexity index is 324. The third kappa shape index (κ3) is 2.81. The average molecular weight is 239 g/mol. The maximum Gasteiger partial charge on any atom is 0.0972 e. The van der Waals surface area contributed by atoms with Crippen molar-refractivity contribution >= 4 is 11.3 Å². The van der Waals surface area contributed by atoms with Gasteiger partial charge in [-0.25, -0.2) is 4.98 Å². The fourth-order valence-corrected chi connectivity index (χ4v) is 3.26. The van der Waals surface area contributed by atoms with E-state index in [2.05, 4.69) is 22.5 Å². The highest BCUT2D eigenvalue weighted by Gasteiger charge is 2.22. The summed E-state index contributed by atoms with van der Waals surface area (Å²) in [6, 6.07) is 0. The number of rotatable bonds is 4. The first kappa shape index (κ1) is 12.0. The van der Waals surface area contributed by atoms with Crippen LogP contribution < -0.4 is 5.32 Å². The summed E-state index contributed by atoms with van der Waals surface area (Å²) >= 11 is 1.83. The molecule has 0 bridgehead atoms. The third-order valence-electron chi connectivity index (χ3n) is 3.23. The molecule has 1 unspecified atom stereocenters. The van der Waals surface area contributed by atoms with Gasteiger partial charge in [-0.1, -0.05) is 6.92 Å². The van der Waals surface area contributed by atoms with Crippen LogP contribution in [0.1, 0.15) is 36.4 Å². The molecule has 0 amide bonds. The fourth-order valence-electron chi connectivity index (χ4n) is 2.32. The van der Waals surface area contributed by atoms with Crippen molar-refractivity contribution < 1.29 is 0 Å². The van der Waals surface area contributed by atoms with Gasteiger partial charge in [-0.3, -0.25) is 0 Å². The Morgan fingerprint density at radius 3 is 3.25 bits per heavy atom. The zero-order valence-electron chi connectivity index (χ0n) is 10.2.